The summed E-state index contributed by atoms with van der Waals surface area (Å²) in [7, 11) is 0. The first-order valence-electron chi connectivity index (χ1n) is 20.3. The first kappa shape index (κ1) is 32.5. The van der Waals surface area contributed by atoms with Gasteiger partial charge in [-0.3, -0.25) is 0 Å². The summed E-state index contributed by atoms with van der Waals surface area (Å²) < 4.78 is 2.41. The Labute approximate surface area is 323 Å². The van der Waals surface area contributed by atoms with E-state index < -0.39 is 0 Å². The Bertz CT molecular complexity index is 2850. The van der Waals surface area contributed by atoms with Crippen LogP contribution in [0.4, 0.5) is 0 Å². The summed E-state index contributed by atoms with van der Waals surface area (Å²) in [5, 5.41) is 7.79. The Morgan fingerprint density at radius 3 is 1.58 bits per heavy atom. The standard InChI is InChI=1S/C54H45N/c1-4-38-32-34(2)31-35(3)54(38)48-22-12-9-15-40(48)41-30-27-37(33-49(41)54)53-46-20-7-5-18-44(46)52(45-19-6-8-21-47(45)53)36-25-28-39(29-26-36)55-50-23-13-10-16-42(50)43-17-11-14-24-51(43)55/h5-30,33-35,38H,4,31-32H2,1-3H3. The molecule has 11 rings (SSSR count). The number of fused-ring (bicyclic) bond motifs is 10. The highest BCUT2D eigenvalue weighted by Crippen LogP contribution is 2.62. The van der Waals surface area contributed by atoms with Crippen LogP contribution in [0.2, 0.25) is 0 Å². The second kappa shape index (κ2) is 12.3. The van der Waals surface area contributed by atoms with Gasteiger partial charge in [0, 0.05) is 21.9 Å². The van der Waals surface area contributed by atoms with Crippen LogP contribution in [0.15, 0.2) is 164 Å². The number of hydrogen-bond donors (Lipinski definition) is 0. The lowest BCUT2D eigenvalue weighted by Crippen LogP contribution is -2.45. The molecule has 1 nitrogen and oxygen atoms in total. The van der Waals surface area contributed by atoms with Gasteiger partial charge in [-0.2, -0.15) is 0 Å². The number of para-hydroxylation sites is 2. The van der Waals surface area contributed by atoms with Crippen LogP contribution in [0.3, 0.4) is 0 Å². The van der Waals surface area contributed by atoms with Crippen molar-refractivity contribution in [3.63, 3.8) is 0 Å². The fourth-order valence-corrected chi connectivity index (χ4v) is 11.6. The lowest BCUT2D eigenvalue weighted by Gasteiger charge is -2.50. The van der Waals surface area contributed by atoms with Gasteiger partial charge < -0.3 is 4.57 Å². The molecule has 1 heteroatoms. The molecule has 8 aromatic carbocycles. The minimum Gasteiger partial charge on any atom is -0.309 e. The zero-order valence-corrected chi connectivity index (χ0v) is 31.9. The Kier molecular flexibility index (Phi) is 7.27. The molecule has 0 amide bonds. The van der Waals surface area contributed by atoms with Gasteiger partial charge >= 0.3 is 0 Å². The molecule has 0 bridgehead atoms. The molecule has 266 valence electrons. The predicted octanol–water partition coefficient (Wildman–Crippen LogP) is 14.8. The van der Waals surface area contributed by atoms with Crippen LogP contribution in [0.1, 0.15) is 51.2 Å². The molecule has 4 unspecified atom stereocenters. The van der Waals surface area contributed by atoms with Crippen LogP contribution in [0.25, 0.3) is 82.4 Å². The minimum atomic E-state index is 0.0346. The van der Waals surface area contributed by atoms with Crippen molar-refractivity contribution in [2.24, 2.45) is 17.8 Å². The summed E-state index contributed by atoms with van der Waals surface area (Å²) in [6.45, 7) is 7.45. The fourth-order valence-electron chi connectivity index (χ4n) is 11.6. The number of hydrogen-bond acceptors (Lipinski definition) is 0. The van der Waals surface area contributed by atoms with E-state index in [2.05, 4.69) is 189 Å². The minimum absolute atomic E-state index is 0.0346. The van der Waals surface area contributed by atoms with E-state index in [-0.39, 0.29) is 5.41 Å². The summed E-state index contributed by atoms with van der Waals surface area (Å²) in [5.74, 6) is 1.94. The smallest absolute Gasteiger partial charge is 0.0541 e. The van der Waals surface area contributed by atoms with Crippen molar-refractivity contribution in [3.8, 4) is 39.1 Å². The third kappa shape index (κ3) is 4.53. The second-order valence-corrected chi connectivity index (χ2v) is 16.5. The molecule has 0 saturated heterocycles. The molecule has 2 aliphatic rings. The number of rotatable bonds is 4. The molecule has 1 fully saturated rings. The Balaban J connectivity index is 1.11. The van der Waals surface area contributed by atoms with Crippen LogP contribution in [-0.4, -0.2) is 4.57 Å². The summed E-state index contributed by atoms with van der Waals surface area (Å²) in [6.07, 6.45) is 3.75. The van der Waals surface area contributed by atoms with E-state index in [1.807, 2.05) is 0 Å². The lowest BCUT2D eigenvalue weighted by molar-refractivity contribution is 0.114. The average Bonchev–Trinajstić information content (AvgIpc) is 3.72. The van der Waals surface area contributed by atoms with Gasteiger partial charge in [0.15, 0.2) is 0 Å². The molecule has 55 heavy (non-hydrogen) atoms. The van der Waals surface area contributed by atoms with Gasteiger partial charge in [0.1, 0.15) is 0 Å². The number of benzene rings is 8. The van der Waals surface area contributed by atoms with E-state index in [4.69, 9.17) is 0 Å². The lowest BCUT2D eigenvalue weighted by atomic mass is 9.53. The molecule has 2 aliphatic carbocycles. The first-order chi connectivity index (χ1) is 27.1. The molecule has 1 heterocycles. The van der Waals surface area contributed by atoms with Crippen molar-refractivity contribution in [3.05, 3.63) is 175 Å². The van der Waals surface area contributed by atoms with Gasteiger partial charge in [0.05, 0.1) is 11.0 Å². The summed E-state index contributed by atoms with van der Waals surface area (Å²) in [5.41, 5.74) is 14.9. The molecule has 1 aromatic heterocycles. The largest absolute Gasteiger partial charge is 0.309 e. The fraction of sp³-hybridized carbons (Fsp3) is 0.185. The van der Waals surface area contributed by atoms with E-state index in [0.717, 1.165) is 5.92 Å². The second-order valence-electron chi connectivity index (χ2n) is 16.5. The van der Waals surface area contributed by atoms with E-state index in [0.29, 0.717) is 11.8 Å². The molecular formula is C54H45N. The van der Waals surface area contributed by atoms with Crippen LogP contribution in [0.5, 0.6) is 0 Å². The van der Waals surface area contributed by atoms with Gasteiger partial charge in [0.2, 0.25) is 0 Å². The normalized spacial score (nSPS) is 20.5. The average molecular weight is 708 g/mol. The maximum atomic E-state index is 2.62. The van der Waals surface area contributed by atoms with Gasteiger partial charge in [-0.1, -0.05) is 161 Å². The Hall–Kier alpha value is -5.92. The molecule has 0 radical (unpaired) electrons. The molecule has 4 atom stereocenters. The van der Waals surface area contributed by atoms with Crippen LogP contribution in [-0.2, 0) is 5.41 Å². The van der Waals surface area contributed by atoms with Crippen molar-refractivity contribution in [1.29, 1.82) is 0 Å². The van der Waals surface area contributed by atoms with Crippen LogP contribution >= 0.6 is 0 Å². The molecule has 1 spiro atoms. The third-order valence-electron chi connectivity index (χ3n) is 13.7. The van der Waals surface area contributed by atoms with Crippen LogP contribution in [0, 0.1) is 17.8 Å². The van der Waals surface area contributed by atoms with Gasteiger partial charge in [0.25, 0.3) is 0 Å². The summed E-state index contributed by atoms with van der Waals surface area (Å²) in [6, 6.07) is 61.9. The van der Waals surface area contributed by atoms with Crippen molar-refractivity contribution in [2.45, 2.75) is 45.4 Å². The predicted molar refractivity (Wildman–Crippen MR) is 234 cm³/mol. The molecule has 1 saturated carbocycles. The van der Waals surface area contributed by atoms with Gasteiger partial charge in [-0.05, 0) is 127 Å². The third-order valence-corrected chi connectivity index (χ3v) is 13.7. The van der Waals surface area contributed by atoms with Crippen molar-refractivity contribution in [1.82, 2.24) is 4.57 Å². The Morgan fingerprint density at radius 1 is 0.491 bits per heavy atom. The van der Waals surface area contributed by atoms with Crippen LogP contribution < -0.4 is 0 Å². The van der Waals surface area contributed by atoms with E-state index in [9.17, 15) is 0 Å². The van der Waals surface area contributed by atoms with Crippen molar-refractivity contribution < 1.29 is 0 Å². The highest BCUT2D eigenvalue weighted by molar-refractivity contribution is 6.21. The molecule has 0 N–H and O–H groups in total. The van der Waals surface area contributed by atoms with Gasteiger partial charge in [-0.25, -0.2) is 0 Å². The SMILES string of the molecule is CCC1CC(C)CC(C)C12c1ccccc1-c1ccc(-c3c4ccccc4c(-c4ccc(-n5c6ccccc6c6ccccc65)cc4)c4ccccc34)cc12. The zero-order chi connectivity index (χ0) is 36.8. The zero-order valence-electron chi connectivity index (χ0n) is 31.9. The van der Waals surface area contributed by atoms with Crippen molar-refractivity contribution in [2.75, 3.05) is 0 Å². The number of aromatic nitrogens is 1. The monoisotopic (exact) mass is 707 g/mol. The quantitative estimate of drug-likeness (QED) is 0.161. The van der Waals surface area contributed by atoms with Crippen molar-refractivity contribution >= 4 is 43.4 Å². The molecular weight excluding hydrogens is 663 g/mol. The highest BCUT2D eigenvalue weighted by atomic mass is 15.0. The summed E-state index contributed by atoms with van der Waals surface area (Å²) >= 11 is 0. The maximum Gasteiger partial charge on any atom is 0.0541 e. The number of nitrogens with zero attached hydrogens (tertiary/aromatic N) is 1. The highest BCUT2D eigenvalue weighted by Gasteiger charge is 2.53. The maximum absolute atomic E-state index is 2.62. The molecule has 9 aromatic rings. The molecule has 0 aliphatic heterocycles. The van der Waals surface area contributed by atoms with E-state index in [1.54, 1.807) is 11.1 Å². The van der Waals surface area contributed by atoms with E-state index >= 15 is 0 Å². The topological polar surface area (TPSA) is 4.93 Å². The first-order valence-corrected chi connectivity index (χ1v) is 20.3. The van der Waals surface area contributed by atoms with Gasteiger partial charge in [-0.15, -0.1) is 0 Å². The summed E-state index contributed by atoms with van der Waals surface area (Å²) in [4.78, 5) is 0. The Morgan fingerprint density at radius 2 is 0.982 bits per heavy atom. The van der Waals surface area contributed by atoms with E-state index in [1.165, 1.54) is 102 Å².